The molecule has 1 fully saturated rings. The molecule has 1 aromatic carbocycles. The highest BCUT2D eigenvalue weighted by Crippen LogP contribution is 2.28. The van der Waals surface area contributed by atoms with Crippen LogP contribution in [0.15, 0.2) is 28.7 Å². The minimum absolute atomic E-state index is 0.00538. The number of hydrogen-bond acceptors (Lipinski definition) is 3. The Bertz CT molecular complexity index is 439. The maximum absolute atomic E-state index is 10.8. The lowest BCUT2D eigenvalue weighted by atomic mass is 10.1. The predicted octanol–water partition coefficient (Wildman–Crippen LogP) is 2.09. The molecule has 0 amide bonds. The third kappa shape index (κ3) is 3.03. The first-order valence-electron chi connectivity index (χ1n) is 6.04. The number of carbonyl (C=O) groups is 1. The van der Waals surface area contributed by atoms with Gasteiger partial charge in [-0.25, -0.2) is 0 Å². The molecule has 2 rings (SSSR count). The van der Waals surface area contributed by atoms with E-state index < -0.39 is 5.97 Å². The molecule has 0 aliphatic carbocycles. The Morgan fingerprint density at radius 3 is 2.94 bits per heavy atom. The molecule has 0 spiro atoms. The molecule has 0 radical (unpaired) electrons. The fourth-order valence-corrected chi connectivity index (χ4v) is 2.81. The summed E-state index contributed by atoms with van der Waals surface area (Å²) in [5.41, 5.74) is 1.13. The number of anilines is 1. The lowest BCUT2D eigenvalue weighted by molar-refractivity contribution is -0.137. The highest BCUT2D eigenvalue weighted by atomic mass is 79.9. The average molecular weight is 313 g/mol. The van der Waals surface area contributed by atoms with Gasteiger partial charge in [-0.3, -0.25) is 4.79 Å². The van der Waals surface area contributed by atoms with Crippen molar-refractivity contribution in [2.24, 2.45) is 0 Å². The molecular formula is C13H17BrN2O2. The van der Waals surface area contributed by atoms with Gasteiger partial charge in [-0.15, -0.1) is 0 Å². The van der Waals surface area contributed by atoms with Crippen molar-refractivity contribution < 1.29 is 9.90 Å². The summed E-state index contributed by atoms with van der Waals surface area (Å²) >= 11 is 3.55. The van der Waals surface area contributed by atoms with Crippen LogP contribution in [-0.4, -0.2) is 36.2 Å². The van der Waals surface area contributed by atoms with E-state index in [1.54, 1.807) is 0 Å². The second kappa shape index (κ2) is 5.71. The van der Waals surface area contributed by atoms with Crippen LogP contribution in [0, 0.1) is 0 Å². The first-order chi connectivity index (χ1) is 8.58. The van der Waals surface area contributed by atoms with Crippen LogP contribution in [0.5, 0.6) is 0 Å². The zero-order valence-electron chi connectivity index (χ0n) is 10.3. The van der Waals surface area contributed by atoms with Gasteiger partial charge >= 0.3 is 5.97 Å². The fraction of sp³-hybridized carbons (Fsp3) is 0.462. The number of carboxylic acid groups (broad SMARTS) is 1. The number of para-hydroxylation sites is 1. The second-order valence-corrected chi connectivity index (χ2v) is 5.51. The molecule has 18 heavy (non-hydrogen) atoms. The Morgan fingerprint density at radius 2 is 2.28 bits per heavy atom. The Kier molecular flexibility index (Phi) is 4.24. The second-order valence-electron chi connectivity index (χ2n) is 4.66. The van der Waals surface area contributed by atoms with Crippen molar-refractivity contribution >= 4 is 27.6 Å². The van der Waals surface area contributed by atoms with Crippen molar-refractivity contribution in [3.63, 3.8) is 0 Å². The number of nitrogens with zero attached hydrogens (tertiary/aromatic N) is 1. The van der Waals surface area contributed by atoms with Gasteiger partial charge in [0.2, 0.25) is 0 Å². The van der Waals surface area contributed by atoms with Gasteiger partial charge in [-0.2, -0.15) is 0 Å². The fourth-order valence-electron chi connectivity index (χ4n) is 2.30. The topological polar surface area (TPSA) is 52.6 Å². The van der Waals surface area contributed by atoms with Gasteiger partial charge in [0.15, 0.2) is 0 Å². The summed E-state index contributed by atoms with van der Waals surface area (Å²) in [6.07, 6.45) is 0.160. The number of benzene rings is 1. The van der Waals surface area contributed by atoms with E-state index in [0.29, 0.717) is 6.04 Å². The van der Waals surface area contributed by atoms with Crippen LogP contribution in [0.25, 0.3) is 0 Å². The quantitative estimate of drug-likeness (QED) is 0.897. The molecule has 2 N–H and O–H groups in total. The first-order valence-corrected chi connectivity index (χ1v) is 6.83. The van der Waals surface area contributed by atoms with Crippen LogP contribution in [0.1, 0.15) is 13.3 Å². The number of piperazine rings is 1. The normalized spacial score (nSPS) is 24.0. The molecule has 0 saturated carbocycles. The average Bonchev–Trinajstić information content (AvgIpc) is 2.32. The number of rotatable bonds is 3. The van der Waals surface area contributed by atoms with Crippen LogP contribution >= 0.6 is 15.9 Å². The molecule has 98 valence electrons. The Labute approximate surface area is 115 Å². The van der Waals surface area contributed by atoms with E-state index in [0.717, 1.165) is 23.2 Å². The monoisotopic (exact) mass is 312 g/mol. The van der Waals surface area contributed by atoms with E-state index >= 15 is 0 Å². The van der Waals surface area contributed by atoms with Crippen molar-refractivity contribution in [1.82, 2.24) is 5.32 Å². The zero-order chi connectivity index (χ0) is 13.1. The Balaban J connectivity index is 2.15. The number of aliphatic carboxylic acids is 1. The van der Waals surface area contributed by atoms with Gasteiger partial charge in [-0.1, -0.05) is 12.1 Å². The SMILES string of the molecule is CC1CNC(CC(=O)O)CN1c1ccccc1Br. The summed E-state index contributed by atoms with van der Waals surface area (Å²) in [5, 5.41) is 12.2. The third-order valence-corrected chi connectivity index (χ3v) is 3.90. The lowest BCUT2D eigenvalue weighted by Crippen LogP contribution is -2.56. The van der Waals surface area contributed by atoms with E-state index in [4.69, 9.17) is 5.11 Å². The van der Waals surface area contributed by atoms with Gasteiger partial charge in [0.1, 0.15) is 0 Å². The van der Waals surface area contributed by atoms with Crippen LogP contribution in [0.2, 0.25) is 0 Å². The molecule has 5 heteroatoms. The summed E-state index contributed by atoms with van der Waals surface area (Å²) in [6.45, 7) is 3.67. The van der Waals surface area contributed by atoms with Crippen LogP contribution in [0.3, 0.4) is 0 Å². The van der Waals surface area contributed by atoms with Gasteiger partial charge in [0, 0.05) is 29.6 Å². The summed E-state index contributed by atoms with van der Waals surface area (Å²) in [4.78, 5) is 13.0. The smallest absolute Gasteiger partial charge is 0.304 e. The van der Waals surface area contributed by atoms with Crippen molar-refractivity contribution in [1.29, 1.82) is 0 Å². The maximum Gasteiger partial charge on any atom is 0.304 e. The largest absolute Gasteiger partial charge is 0.481 e. The minimum atomic E-state index is -0.755. The van der Waals surface area contributed by atoms with Crippen LogP contribution in [0.4, 0.5) is 5.69 Å². The van der Waals surface area contributed by atoms with E-state index in [2.05, 4.69) is 39.1 Å². The molecule has 4 nitrogen and oxygen atoms in total. The van der Waals surface area contributed by atoms with Gasteiger partial charge in [-0.05, 0) is 35.0 Å². The molecule has 1 aromatic rings. The molecule has 1 heterocycles. The van der Waals surface area contributed by atoms with Crippen LogP contribution < -0.4 is 10.2 Å². The highest BCUT2D eigenvalue weighted by molar-refractivity contribution is 9.10. The van der Waals surface area contributed by atoms with Crippen molar-refractivity contribution in [2.45, 2.75) is 25.4 Å². The predicted molar refractivity (Wildman–Crippen MR) is 75.0 cm³/mol. The number of carboxylic acids is 1. The van der Waals surface area contributed by atoms with Crippen molar-refractivity contribution in [3.8, 4) is 0 Å². The number of hydrogen-bond donors (Lipinski definition) is 2. The first kappa shape index (κ1) is 13.4. The number of nitrogens with one attached hydrogen (secondary N) is 1. The molecule has 0 aromatic heterocycles. The molecule has 1 saturated heterocycles. The molecule has 2 atom stereocenters. The van der Waals surface area contributed by atoms with Crippen molar-refractivity contribution in [3.05, 3.63) is 28.7 Å². The standard InChI is InChI=1S/C13H17BrN2O2/c1-9-7-15-10(6-13(17)18)8-16(9)12-5-3-2-4-11(12)14/h2-5,9-10,15H,6-8H2,1H3,(H,17,18). The Hall–Kier alpha value is -1.07. The van der Waals surface area contributed by atoms with E-state index in [-0.39, 0.29) is 12.5 Å². The van der Waals surface area contributed by atoms with Gasteiger partial charge in [0.05, 0.1) is 12.1 Å². The Morgan fingerprint density at radius 1 is 1.56 bits per heavy atom. The summed E-state index contributed by atoms with van der Waals surface area (Å²) < 4.78 is 1.05. The molecular weight excluding hydrogens is 296 g/mol. The molecule has 1 aliphatic heterocycles. The minimum Gasteiger partial charge on any atom is -0.481 e. The summed E-state index contributed by atoms with van der Waals surface area (Å²) in [7, 11) is 0. The zero-order valence-corrected chi connectivity index (χ0v) is 11.9. The van der Waals surface area contributed by atoms with Crippen molar-refractivity contribution in [2.75, 3.05) is 18.0 Å². The van der Waals surface area contributed by atoms with E-state index in [9.17, 15) is 4.79 Å². The molecule has 1 aliphatic rings. The summed E-state index contributed by atoms with van der Waals surface area (Å²) in [6, 6.07) is 8.41. The van der Waals surface area contributed by atoms with E-state index in [1.807, 2.05) is 18.2 Å². The lowest BCUT2D eigenvalue weighted by Gasteiger charge is -2.40. The van der Waals surface area contributed by atoms with E-state index in [1.165, 1.54) is 0 Å². The third-order valence-electron chi connectivity index (χ3n) is 3.23. The molecule has 2 unspecified atom stereocenters. The number of halogens is 1. The van der Waals surface area contributed by atoms with Gasteiger partial charge in [0.25, 0.3) is 0 Å². The molecule has 0 bridgehead atoms. The maximum atomic E-state index is 10.8. The van der Waals surface area contributed by atoms with Crippen LogP contribution in [-0.2, 0) is 4.79 Å². The summed E-state index contributed by atoms with van der Waals surface area (Å²) in [5.74, 6) is -0.755. The van der Waals surface area contributed by atoms with Gasteiger partial charge < -0.3 is 15.3 Å². The highest BCUT2D eigenvalue weighted by Gasteiger charge is 2.27.